The Morgan fingerprint density at radius 3 is 2.19 bits per heavy atom. The molecular formula is C15H11F2NO3. The number of aryl methyl sites for hydroxylation is 1. The summed E-state index contributed by atoms with van der Waals surface area (Å²) in [5.74, 6) is -3.35. The van der Waals surface area contributed by atoms with Crippen LogP contribution >= 0.6 is 0 Å². The molecule has 0 spiro atoms. The van der Waals surface area contributed by atoms with Crippen LogP contribution in [0.3, 0.4) is 0 Å². The summed E-state index contributed by atoms with van der Waals surface area (Å²) in [7, 11) is 0. The van der Waals surface area contributed by atoms with Gasteiger partial charge < -0.3 is 10.4 Å². The molecule has 0 unspecified atom stereocenters. The molecule has 0 aliphatic carbocycles. The Bertz CT molecular complexity index is 729. The SMILES string of the molecule is Cc1ccc(F)cc1C(=O)Nc1ccc(F)cc1C(=O)O. The van der Waals surface area contributed by atoms with E-state index in [1.54, 1.807) is 6.92 Å². The van der Waals surface area contributed by atoms with Crippen molar-refractivity contribution in [3.63, 3.8) is 0 Å². The van der Waals surface area contributed by atoms with Crippen molar-refractivity contribution in [3.05, 3.63) is 64.7 Å². The Kier molecular flexibility index (Phi) is 3.98. The summed E-state index contributed by atoms with van der Waals surface area (Å²) in [5.41, 5.74) is 0.179. The number of hydrogen-bond donors (Lipinski definition) is 2. The topological polar surface area (TPSA) is 66.4 Å². The number of carbonyl (C=O) groups is 2. The minimum Gasteiger partial charge on any atom is -0.478 e. The Morgan fingerprint density at radius 2 is 1.57 bits per heavy atom. The number of amides is 1. The number of anilines is 1. The van der Waals surface area contributed by atoms with E-state index in [9.17, 15) is 18.4 Å². The van der Waals surface area contributed by atoms with E-state index in [1.807, 2.05) is 0 Å². The zero-order chi connectivity index (χ0) is 15.6. The number of benzene rings is 2. The molecular weight excluding hydrogens is 280 g/mol. The van der Waals surface area contributed by atoms with Gasteiger partial charge in [0, 0.05) is 5.56 Å². The predicted molar refractivity (Wildman–Crippen MR) is 72.4 cm³/mol. The van der Waals surface area contributed by atoms with Gasteiger partial charge >= 0.3 is 5.97 Å². The summed E-state index contributed by atoms with van der Waals surface area (Å²) in [6, 6.07) is 6.68. The van der Waals surface area contributed by atoms with Crippen molar-refractivity contribution in [2.75, 3.05) is 5.32 Å². The fourth-order valence-corrected chi connectivity index (χ4v) is 1.83. The number of rotatable bonds is 3. The number of carboxylic acids is 1. The smallest absolute Gasteiger partial charge is 0.337 e. The normalized spacial score (nSPS) is 10.2. The van der Waals surface area contributed by atoms with E-state index in [1.165, 1.54) is 12.1 Å². The third-order valence-electron chi connectivity index (χ3n) is 2.90. The molecule has 108 valence electrons. The first-order valence-corrected chi connectivity index (χ1v) is 5.99. The van der Waals surface area contributed by atoms with Gasteiger partial charge in [0.15, 0.2) is 0 Å². The van der Waals surface area contributed by atoms with Crippen molar-refractivity contribution >= 4 is 17.6 Å². The van der Waals surface area contributed by atoms with Crippen LogP contribution < -0.4 is 5.32 Å². The molecule has 0 aromatic heterocycles. The minimum absolute atomic E-state index is 0.0578. The van der Waals surface area contributed by atoms with Gasteiger partial charge in [-0.05, 0) is 42.8 Å². The second-order valence-corrected chi connectivity index (χ2v) is 4.41. The third-order valence-corrected chi connectivity index (χ3v) is 2.90. The summed E-state index contributed by atoms with van der Waals surface area (Å²) in [6.45, 7) is 1.62. The highest BCUT2D eigenvalue weighted by Gasteiger charge is 2.16. The molecule has 0 fully saturated rings. The first-order valence-electron chi connectivity index (χ1n) is 5.99. The van der Waals surface area contributed by atoms with Gasteiger partial charge in [-0.25, -0.2) is 13.6 Å². The second kappa shape index (κ2) is 5.70. The van der Waals surface area contributed by atoms with Gasteiger partial charge in [-0.3, -0.25) is 4.79 Å². The van der Waals surface area contributed by atoms with Crippen molar-refractivity contribution in [1.82, 2.24) is 0 Å². The van der Waals surface area contributed by atoms with Gasteiger partial charge in [-0.15, -0.1) is 0 Å². The lowest BCUT2D eigenvalue weighted by atomic mass is 10.1. The van der Waals surface area contributed by atoms with Crippen molar-refractivity contribution in [2.45, 2.75) is 6.92 Å². The van der Waals surface area contributed by atoms with Crippen LogP contribution in [-0.2, 0) is 0 Å². The van der Waals surface area contributed by atoms with Crippen LogP contribution in [0.15, 0.2) is 36.4 Å². The van der Waals surface area contributed by atoms with Crippen LogP contribution in [0.4, 0.5) is 14.5 Å². The molecule has 4 nitrogen and oxygen atoms in total. The summed E-state index contributed by atoms with van der Waals surface area (Å²) in [4.78, 5) is 23.1. The number of halogens is 2. The van der Waals surface area contributed by atoms with Gasteiger partial charge in [0.1, 0.15) is 11.6 Å². The van der Waals surface area contributed by atoms with Crippen LogP contribution in [-0.4, -0.2) is 17.0 Å². The van der Waals surface area contributed by atoms with Crippen LogP contribution in [0.25, 0.3) is 0 Å². The first kappa shape index (κ1) is 14.6. The van der Waals surface area contributed by atoms with E-state index in [0.717, 1.165) is 24.3 Å². The summed E-state index contributed by atoms with van der Waals surface area (Å²) < 4.78 is 26.2. The molecule has 0 aliphatic heterocycles. The van der Waals surface area contributed by atoms with Crippen LogP contribution in [0.1, 0.15) is 26.3 Å². The number of carboxylic acid groups (broad SMARTS) is 1. The second-order valence-electron chi connectivity index (χ2n) is 4.41. The maximum Gasteiger partial charge on any atom is 0.337 e. The fourth-order valence-electron chi connectivity index (χ4n) is 1.83. The Morgan fingerprint density at radius 1 is 1.00 bits per heavy atom. The van der Waals surface area contributed by atoms with Crippen molar-refractivity contribution < 1.29 is 23.5 Å². The number of aromatic carboxylic acids is 1. The molecule has 0 atom stereocenters. The Hall–Kier alpha value is -2.76. The minimum atomic E-state index is -1.37. The van der Waals surface area contributed by atoms with Crippen molar-refractivity contribution in [2.24, 2.45) is 0 Å². The van der Waals surface area contributed by atoms with E-state index < -0.39 is 23.5 Å². The number of carbonyl (C=O) groups excluding carboxylic acids is 1. The molecule has 0 aliphatic rings. The molecule has 2 aromatic rings. The van der Waals surface area contributed by atoms with E-state index >= 15 is 0 Å². The lowest BCUT2D eigenvalue weighted by Gasteiger charge is -2.10. The molecule has 0 bridgehead atoms. The maximum absolute atomic E-state index is 13.2. The summed E-state index contributed by atoms with van der Waals surface area (Å²) in [5, 5.41) is 11.3. The van der Waals surface area contributed by atoms with E-state index in [0.29, 0.717) is 5.56 Å². The lowest BCUT2D eigenvalue weighted by molar-refractivity contribution is 0.0697. The maximum atomic E-state index is 13.2. The fraction of sp³-hybridized carbons (Fsp3) is 0.0667. The molecule has 0 saturated heterocycles. The van der Waals surface area contributed by atoms with Crippen LogP contribution in [0.2, 0.25) is 0 Å². The van der Waals surface area contributed by atoms with E-state index in [4.69, 9.17) is 5.11 Å². The molecule has 21 heavy (non-hydrogen) atoms. The molecule has 2 rings (SSSR count). The molecule has 1 amide bonds. The van der Waals surface area contributed by atoms with Crippen molar-refractivity contribution in [3.8, 4) is 0 Å². The third kappa shape index (κ3) is 3.22. The molecule has 0 radical (unpaired) electrons. The summed E-state index contributed by atoms with van der Waals surface area (Å²) in [6.07, 6.45) is 0. The zero-order valence-corrected chi connectivity index (χ0v) is 11.0. The van der Waals surface area contributed by atoms with Gasteiger partial charge in [0.05, 0.1) is 11.3 Å². The van der Waals surface area contributed by atoms with E-state index in [2.05, 4.69) is 5.32 Å². The Balaban J connectivity index is 2.36. The largest absolute Gasteiger partial charge is 0.478 e. The highest BCUT2D eigenvalue weighted by Crippen LogP contribution is 2.19. The average molecular weight is 291 g/mol. The van der Waals surface area contributed by atoms with E-state index in [-0.39, 0.29) is 16.8 Å². The Labute approximate surface area is 119 Å². The summed E-state index contributed by atoms with van der Waals surface area (Å²) >= 11 is 0. The quantitative estimate of drug-likeness (QED) is 0.912. The standard InChI is InChI=1S/C15H11F2NO3/c1-8-2-3-9(16)6-11(8)14(19)18-13-5-4-10(17)7-12(13)15(20)21/h2-7H,1H3,(H,18,19)(H,20,21). The van der Waals surface area contributed by atoms with Crippen LogP contribution in [0.5, 0.6) is 0 Å². The average Bonchev–Trinajstić information content (AvgIpc) is 2.43. The monoisotopic (exact) mass is 291 g/mol. The molecule has 0 saturated carbocycles. The predicted octanol–water partition coefficient (Wildman–Crippen LogP) is 3.22. The zero-order valence-electron chi connectivity index (χ0n) is 11.0. The lowest BCUT2D eigenvalue weighted by Crippen LogP contribution is -2.16. The molecule has 2 aromatic carbocycles. The van der Waals surface area contributed by atoms with Gasteiger partial charge in [-0.2, -0.15) is 0 Å². The number of hydrogen-bond acceptors (Lipinski definition) is 2. The van der Waals surface area contributed by atoms with Gasteiger partial charge in [-0.1, -0.05) is 6.07 Å². The molecule has 0 heterocycles. The first-order chi connectivity index (χ1) is 9.88. The van der Waals surface area contributed by atoms with Crippen molar-refractivity contribution in [1.29, 1.82) is 0 Å². The number of nitrogens with one attached hydrogen (secondary N) is 1. The molecule has 6 heteroatoms. The highest BCUT2D eigenvalue weighted by atomic mass is 19.1. The van der Waals surface area contributed by atoms with Gasteiger partial charge in [0.25, 0.3) is 5.91 Å². The van der Waals surface area contributed by atoms with Gasteiger partial charge in [0.2, 0.25) is 0 Å². The van der Waals surface area contributed by atoms with Crippen LogP contribution in [0, 0.1) is 18.6 Å². The highest BCUT2D eigenvalue weighted by molar-refractivity contribution is 6.08. The molecule has 2 N–H and O–H groups in total.